The van der Waals surface area contributed by atoms with E-state index in [0.29, 0.717) is 0 Å². The second-order valence-electron chi connectivity index (χ2n) is 22.7. The van der Waals surface area contributed by atoms with Crippen LogP contribution < -0.4 is 63.7 Å². The molecule has 0 atom stereocenters. The Hall–Kier alpha value is -9.72. The third-order valence-electron chi connectivity index (χ3n) is 17.2. The molecule has 16 rings (SSSR count). The van der Waals surface area contributed by atoms with Gasteiger partial charge in [-0.3, -0.25) is 0 Å². The molecule has 16 aromatic carbocycles. The smallest absolute Gasteiger partial charge is 0.000884 e. The lowest BCUT2D eigenvalue weighted by Gasteiger charge is -2.28. The first-order valence-electron chi connectivity index (χ1n) is 31.4. The highest BCUT2D eigenvalue weighted by Crippen LogP contribution is 2.48. The molecule has 4 heteroatoms. The number of rotatable bonds is 14. The van der Waals surface area contributed by atoms with Crippen molar-refractivity contribution in [1.82, 2.24) is 0 Å². The number of fused-ring (bicyclic) bond motifs is 4. The summed E-state index contributed by atoms with van der Waals surface area (Å²) >= 11 is 0. The molecule has 0 aliphatic carbocycles. The van der Waals surface area contributed by atoms with Crippen molar-refractivity contribution in [3.05, 3.63) is 388 Å². The zero-order chi connectivity index (χ0) is 61.4. The maximum Gasteiger partial charge on any atom is -0.000884 e. The maximum atomic E-state index is 2.42. The van der Waals surface area contributed by atoms with E-state index in [-0.39, 0.29) is 0 Å². The van der Waals surface area contributed by atoms with Crippen LogP contribution in [0.3, 0.4) is 0 Å². The Kier molecular flexibility index (Phi) is 17.5. The average Bonchev–Trinajstić information content (AvgIpc) is 0.755. The average molecular weight is 1250 g/mol. The van der Waals surface area contributed by atoms with E-state index in [9.17, 15) is 0 Å². The Labute approximate surface area is 545 Å². The molecule has 0 saturated carbocycles. The van der Waals surface area contributed by atoms with Crippen LogP contribution in [-0.2, 0) is 0 Å². The molecule has 0 fully saturated rings. The second kappa shape index (κ2) is 27.4. The standard InChI is InChI=1S/2C44H32P2/c2*1-5-19-35(20-6-1)45(36-21-7-2-8-22-36)41-31-29-33-17-13-15-27-39(33)43(41)44-40-28-16-14-18-34(40)30-32-42(44)46(37-23-9-3-10-24-37)38-25-11-4-12-26-38/h2*1-32H. The van der Waals surface area contributed by atoms with Gasteiger partial charge in [-0.2, -0.15) is 0 Å². The van der Waals surface area contributed by atoms with Crippen molar-refractivity contribution < 1.29 is 0 Å². The topological polar surface area (TPSA) is 0 Å². The van der Waals surface area contributed by atoms with Crippen LogP contribution in [0.1, 0.15) is 0 Å². The highest BCUT2D eigenvalue weighted by atomic mass is 31.1. The SMILES string of the molecule is c1ccc(P(c2ccccc2)c2ccc3ccccc3c2-c2c(P(c3ccccc3)c3ccccc3)ccc3ccccc23)cc1.c1ccc(P(c2ccccc2)c2ccc3ccccc3c2-c2c(P(c3ccccc3)c3ccccc3)ccc3ccccc23)cc1. The molecule has 0 aliphatic heterocycles. The normalized spacial score (nSPS) is 11.4. The predicted molar refractivity (Wildman–Crippen MR) is 409 cm³/mol. The molecule has 0 saturated heterocycles. The molecule has 0 N–H and O–H groups in total. The largest absolute Gasteiger partial charge is 0.0622 e. The first kappa shape index (κ1) is 58.6. The summed E-state index contributed by atoms with van der Waals surface area (Å²) in [6, 6.07) is 144. The van der Waals surface area contributed by atoms with E-state index in [1.54, 1.807) is 0 Å². The molecular weight excluding hydrogens is 1180 g/mol. The minimum atomic E-state index is -0.852. The third kappa shape index (κ3) is 11.9. The number of hydrogen-bond acceptors (Lipinski definition) is 0. The molecule has 92 heavy (non-hydrogen) atoms. The molecular formula is C88H64P4. The molecule has 0 nitrogen and oxygen atoms in total. The van der Waals surface area contributed by atoms with Gasteiger partial charge in [-0.1, -0.05) is 388 Å². The summed E-state index contributed by atoms with van der Waals surface area (Å²) in [4.78, 5) is 0. The fraction of sp³-hybridized carbons (Fsp3) is 0. The lowest BCUT2D eigenvalue weighted by molar-refractivity contribution is 1.72. The highest BCUT2D eigenvalue weighted by molar-refractivity contribution is 7.81. The Morgan fingerprint density at radius 2 is 0.261 bits per heavy atom. The third-order valence-corrected chi connectivity index (χ3v) is 27.1. The Morgan fingerprint density at radius 3 is 0.424 bits per heavy atom. The van der Waals surface area contributed by atoms with Gasteiger partial charge in [-0.05, 0) is 161 Å². The van der Waals surface area contributed by atoms with Crippen molar-refractivity contribution in [3.63, 3.8) is 0 Å². The lowest BCUT2D eigenvalue weighted by atomic mass is 9.93. The van der Waals surface area contributed by atoms with Gasteiger partial charge in [-0.25, -0.2) is 0 Å². The maximum absolute atomic E-state index is 2.42. The first-order valence-corrected chi connectivity index (χ1v) is 36.8. The fourth-order valence-electron chi connectivity index (χ4n) is 13.2. The molecule has 0 aromatic heterocycles. The Bertz CT molecular complexity index is 4330. The zero-order valence-electron chi connectivity index (χ0n) is 50.7. The van der Waals surface area contributed by atoms with Gasteiger partial charge in [-0.15, -0.1) is 0 Å². The second-order valence-corrected chi connectivity index (χ2v) is 31.5. The fourth-order valence-corrected chi connectivity index (χ4v) is 23.1. The quantitative estimate of drug-likeness (QED) is 0.0952. The van der Waals surface area contributed by atoms with Gasteiger partial charge in [0.25, 0.3) is 0 Å². The monoisotopic (exact) mass is 1240 g/mol. The number of benzene rings is 16. The molecule has 0 unspecified atom stereocenters. The predicted octanol–water partition coefficient (Wildman–Crippen LogP) is 18.4. The van der Waals surface area contributed by atoms with Crippen molar-refractivity contribution >= 4 is 138 Å². The summed E-state index contributed by atoms with van der Waals surface area (Å²) in [6.45, 7) is 0. The molecule has 0 heterocycles. The molecule has 436 valence electrons. The number of hydrogen-bond donors (Lipinski definition) is 0. The van der Waals surface area contributed by atoms with Gasteiger partial charge in [0.2, 0.25) is 0 Å². The molecule has 16 aromatic rings. The van der Waals surface area contributed by atoms with Gasteiger partial charge >= 0.3 is 0 Å². The Balaban J connectivity index is 0.000000153. The van der Waals surface area contributed by atoms with Crippen LogP contribution in [0.5, 0.6) is 0 Å². The van der Waals surface area contributed by atoms with Gasteiger partial charge < -0.3 is 0 Å². The molecule has 0 aliphatic rings. The van der Waals surface area contributed by atoms with Crippen molar-refractivity contribution in [1.29, 1.82) is 0 Å². The van der Waals surface area contributed by atoms with Crippen LogP contribution in [0.2, 0.25) is 0 Å². The van der Waals surface area contributed by atoms with Crippen LogP contribution in [0.25, 0.3) is 65.3 Å². The van der Waals surface area contributed by atoms with Crippen LogP contribution >= 0.6 is 31.7 Å². The molecule has 0 radical (unpaired) electrons. The summed E-state index contributed by atoms with van der Waals surface area (Å²) in [6.07, 6.45) is 0. The van der Waals surface area contributed by atoms with E-state index < -0.39 is 31.7 Å². The van der Waals surface area contributed by atoms with E-state index in [1.807, 2.05) is 0 Å². The highest BCUT2D eigenvalue weighted by Gasteiger charge is 2.30. The van der Waals surface area contributed by atoms with Crippen molar-refractivity contribution in [2.45, 2.75) is 0 Å². The van der Waals surface area contributed by atoms with Crippen molar-refractivity contribution in [2.24, 2.45) is 0 Å². The van der Waals surface area contributed by atoms with Crippen LogP contribution in [-0.4, -0.2) is 0 Å². The summed E-state index contributed by atoms with van der Waals surface area (Å²) in [7, 11) is -3.41. The minimum Gasteiger partial charge on any atom is -0.0622 e. The van der Waals surface area contributed by atoms with E-state index >= 15 is 0 Å². The van der Waals surface area contributed by atoms with Crippen molar-refractivity contribution in [3.8, 4) is 22.3 Å². The molecule has 0 amide bonds. The van der Waals surface area contributed by atoms with E-state index in [4.69, 9.17) is 0 Å². The summed E-state index contributed by atoms with van der Waals surface area (Å²) in [5.74, 6) is 0. The van der Waals surface area contributed by atoms with Crippen LogP contribution in [0.4, 0.5) is 0 Å². The minimum absolute atomic E-state index is 0.852. The van der Waals surface area contributed by atoms with Crippen LogP contribution in [0.15, 0.2) is 388 Å². The van der Waals surface area contributed by atoms with E-state index in [2.05, 4.69) is 388 Å². The van der Waals surface area contributed by atoms with Gasteiger partial charge in [0.1, 0.15) is 0 Å². The van der Waals surface area contributed by atoms with E-state index in [1.165, 1.54) is 129 Å². The zero-order valence-corrected chi connectivity index (χ0v) is 54.3. The molecule has 0 spiro atoms. The molecule has 0 bridgehead atoms. The van der Waals surface area contributed by atoms with Crippen molar-refractivity contribution in [2.75, 3.05) is 0 Å². The van der Waals surface area contributed by atoms with Gasteiger partial charge in [0, 0.05) is 0 Å². The Morgan fingerprint density at radius 1 is 0.120 bits per heavy atom. The first-order chi connectivity index (χ1) is 45.7. The van der Waals surface area contributed by atoms with Gasteiger partial charge in [0.15, 0.2) is 0 Å². The summed E-state index contributed by atoms with van der Waals surface area (Å²) < 4.78 is 0. The lowest BCUT2D eigenvalue weighted by Crippen LogP contribution is -2.26. The van der Waals surface area contributed by atoms with Gasteiger partial charge in [0.05, 0.1) is 0 Å². The summed E-state index contributed by atoms with van der Waals surface area (Å²) in [5.41, 5.74) is 5.40. The van der Waals surface area contributed by atoms with Crippen LogP contribution in [0, 0.1) is 0 Å². The van der Waals surface area contributed by atoms with E-state index in [0.717, 1.165) is 0 Å². The summed E-state index contributed by atoms with van der Waals surface area (Å²) in [5, 5.41) is 26.7.